The molecule has 1 saturated heterocycles. The van der Waals surface area contributed by atoms with Crippen molar-refractivity contribution in [2.24, 2.45) is 0 Å². The van der Waals surface area contributed by atoms with Gasteiger partial charge in [-0.25, -0.2) is 14.5 Å². The van der Waals surface area contributed by atoms with Crippen LogP contribution in [0.5, 0.6) is 0 Å². The highest BCUT2D eigenvalue weighted by Crippen LogP contribution is 2.24. The van der Waals surface area contributed by atoms with Crippen molar-refractivity contribution in [1.82, 2.24) is 33.7 Å². The van der Waals surface area contributed by atoms with E-state index in [9.17, 15) is 4.79 Å². The highest BCUT2D eigenvalue weighted by molar-refractivity contribution is 6.32. The van der Waals surface area contributed by atoms with E-state index in [0.29, 0.717) is 33.5 Å². The molecule has 0 unspecified atom stereocenters. The number of aromatic nitrogens is 5. The molecule has 0 aliphatic carbocycles. The average Bonchev–Trinajstić information content (AvgIpc) is 3.45. The average molecular weight is 558 g/mol. The predicted molar refractivity (Wildman–Crippen MR) is 160 cm³/mol. The molecule has 11 heteroatoms. The molecule has 0 bridgehead atoms. The molecule has 5 aromatic rings. The van der Waals surface area contributed by atoms with E-state index in [1.54, 1.807) is 35.1 Å². The lowest BCUT2D eigenvalue weighted by molar-refractivity contribution is 0.242. The van der Waals surface area contributed by atoms with Crippen LogP contribution in [0.15, 0.2) is 71.9 Å². The third kappa shape index (κ3) is 5.25. The van der Waals surface area contributed by atoms with Gasteiger partial charge >= 0.3 is 0 Å². The summed E-state index contributed by atoms with van der Waals surface area (Å²) < 4.78 is 3.26. The van der Waals surface area contributed by atoms with E-state index in [0.717, 1.165) is 45.0 Å². The van der Waals surface area contributed by atoms with Gasteiger partial charge in [-0.15, -0.1) is 0 Å². The number of fused-ring (bicyclic) bond motifs is 3. The summed E-state index contributed by atoms with van der Waals surface area (Å²) in [5.74, 6) is 0.828. The Bertz CT molecular complexity index is 1690. The lowest BCUT2D eigenvalue weighted by atomic mass is 10.2. The largest absolute Gasteiger partial charge is 0.369 e. The fraction of sp³-hybridized carbons (Fsp3) is 0.310. The number of piperazine rings is 1. The zero-order valence-corrected chi connectivity index (χ0v) is 23.4. The molecular formula is C29H32ClN9O. The molecule has 1 N–H and O–H groups in total. The lowest BCUT2D eigenvalue weighted by Gasteiger charge is -2.36. The first-order chi connectivity index (χ1) is 19.5. The lowest BCUT2D eigenvalue weighted by Crippen LogP contribution is -2.46. The molecule has 3 aromatic heterocycles. The van der Waals surface area contributed by atoms with Gasteiger partial charge in [-0.05, 0) is 70.0 Å². The first-order valence-electron chi connectivity index (χ1n) is 13.5. The molecule has 1 aliphatic heterocycles. The second-order valence-corrected chi connectivity index (χ2v) is 10.7. The van der Waals surface area contributed by atoms with Crippen LogP contribution in [-0.4, -0.2) is 87.1 Å². The summed E-state index contributed by atoms with van der Waals surface area (Å²) in [4.78, 5) is 34.3. The van der Waals surface area contributed by atoms with Crippen LogP contribution < -0.4 is 15.8 Å². The van der Waals surface area contributed by atoms with Crippen molar-refractivity contribution in [1.29, 1.82) is 0 Å². The quantitative estimate of drug-likeness (QED) is 0.307. The monoisotopic (exact) mass is 557 g/mol. The summed E-state index contributed by atoms with van der Waals surface area (Å²) in [7, 11) is 4.25. The van der Waals surface area contributed by atoms with Crippen LogP contribution in [-0.2, 0) is 0 Å². The Kier molecular flexibility index (Phi) is 7.38. The number of hydrogen-bond donors (Lipinski definition) is 1. The SMILES string of the molecule is CN(C)CCCN1CCN(c2ccc(Nc3ncc4c(=O)n(-c5ccccc5Cl)c5nccn5c4n3)cc2)CC1. The molecule has 6 rings (SSSR count). The van der Waals surface area contributed by atoms with Gasteiger partial charge in [0.1, 0.15) is 5.39 Å². The maximum Gasteiger partial charge on any atom is 0.270 e. The molecule has 1 fully saturated rings. The fourth-order valence-corrected chi connectivity index (χ4v) is 5.40. The van der Waals surface area contributed by atoms with E-state index in [2.05, 4.69) is 61.2 Å². The third-order valence-corrected chi connectivity index (χ3v) is 7.61. The van der Waals surface area contributed by atoms with Crippen molar-refractivity contribution in [2.75, 3.05) is 63.6 Å². The molecule has 0 saturated carbocycles. The van der Waals surface area contributed by atoms with E-state index in [1.807, 2.05) is 24.3 Å². The van der Waals surface area contributed by atoms with Crippen LogP contribution in [0.4, 0.5) is 17.3 Å². The Morgan fingerprint density at radius 1 is 1.00 bits per heavy atom. The van der Waals surface area contributed by atoms with Crippen molar-refractivity contribution in [3.63, 3.8) is 0 Å². The number of benzene rings is 2. The van der Waals surface area contributed by atoms with E-state index in [4.69, 9.17) is 11.6 Å². The van der Waals surface area contributed by atoms with E-state index in [-0.39, 0.29) is 5.56 Å². The third-order valence-electron chi connectivity index (χ3n) is 7.29. The van der Waals surface area contributed by atoms with Gasteiger partial charge in [-0.1, -0.05) is 23.7 Å². The van der Waals surface area contributed by atoms with Crippen LogP contribution in [0.1, 0.15) is 6.42 Å². The van der Waals surface area contributed by atoms with Gasteiger partial charge < -0.3 is 15.1 Å². The number of para-hydroxylation sites is 1. The van der Waals surface area contributed by atoms with Crippen molar-refractivity contribution in [3.8, 4) is 5.69 Å². The van der Waals surface area contributed by atoms with Crippen molar-refractivity contribution < 1.29 is 0 Å². The predicted octanol–water partition coefficient (Wildman–Crippen LogP) is 3.90. The molecule has 4 heterocycles. The summed E-state index contributed by atoms with van der Waals surface area (Å²) >= 11 is 6.41. The molecular weight excluding hydrogens is 526 g/mol. The van der Waals surface area contributed by atoms with Gasteiger partial charge in [0.2, 0.25) is 11.7 Å². The van der Waals surface area contributed by atoms with Crippen molar-refractivity contribution >= 4 is 45.7 Å². The zero-order valence-electron chi connectivity index (χ0n) is 22.7. The van der Waals surface area contributed by atoms with Crippen molar-refractivity contribution in [3.05, 3.63) is 82.5 Å². The molecule has 10 nitrogen and oxygen atoms in total. The van der Waals surface area contributed by atoms with Gasteiger partial charge in [0.25, 0.3) is 5.56 Å². The highest BCUT2D eigenvalue weighted by atomic mass is 35.5. The summed E-state index contributed by atoms with van der Waals surface area (Å²) in [6, 6.07) is 15.5. The number of nitrogens with one attached hydrogen (secondary N) is 1. The number of halogens is 1. The Morgan fingerprint density at radius 3 is 2.52 bits per heavy atom. The van der Waals surface area contributed by atoms with Crippen LogP contribution in [0, 0.1) is 0 Å². The number of imidazole rings is 1. The second kappa shape index (κ2) is 11.2. The molecule has 0 atom stereocenters. The first kappa shape index (κ1) is 26.2. The smallest absolute Gasteiger partial charge is 0.270 e. The molecule has 206 valence electrons. The fourth-order valence-electron chi connectivity index (χ4n) is 5.18. The standard InChI is InChI=1S/C29H32ClN9O/c1-35(2)13-5-14-36-16-18-37(19-17-36)22-10-8-21(9-11-22)33-28-32-20-23-26(34-28)38-15-12-31-29(38)39(27(23)40)25-7-4-3-6-24(25)30/h3-4,6-12,15,20H,5,13-14,16-19H2,1-2H3,(H,32,33,34). The molecule has 1 aliphatic rings. The van der Waals surface area contributed by atoms with Gasteiger partial charge in [-0.2, -0.15) is 4.98 Å². The Morgan fingerprint density at radius 2 is 1.77 bits per heavy atom. The van der Waals surface area contributed by atoms with Crippen LogP contribution >= 0.6 is 11.6 Å². The second-order valence-electron chi connectivity index (χ2n) is 10.3. The number of anilines is 3. The molecule has 0 spiro atoms. The van der Waals surface area contributed by atoms with Gasteiger partial charge in [0.05, 0.1) is 10.7 Å². The van der Waals surface area contributed by atoms with Gasteiger partial charge in [-0.3, -0.25) is 14.1 Å². The van der Waals surface area contributed by atoms with Crippen LogP contribution in [0.25, 0.3) is 22.5 Å². The van der Waals surface area contributed by atoms with Crippen LogP contribution in [0.3, 0.4) is 0 Å². The Labute approximate surface area is 237 Å². The minimum atomic E-state index is -0.282. The number of nitrogens with zero attached hydrogens (tertiary/aromatic N) is 8. The Balaban J connectivity index is 1.19. The summed E-state index contributed by atoms with van der Waals surface area (Å²) in [6.45, 7) is 6.49. The summed E-state index contributed by atoms with van der Waals surface area (Å²) in [6.07, 6.45) is 6.16. The van der Waals surface area contributed by atoms with Crippen molar-refractivity contribution in [2.45, 2.75) is 6.42 Å². The molecule has 0 amide bonds. The number of hydrogen-bond acceptors (Lipinski definition) is 8. The van der Waals surface area contributed by atoms with E-state index >= 15 is 0 Å². The summed E-state index contributed by atoms with van der Waals surface area (Å²) in [5.41, 5.74) is 2.82. The van der Waals surface area contributed by atoms with Gasteiger partial charge in [0.15, 0.2) is 5.65 Å². The first-order valence-corrected chi connectivity index (χ1v) is 13.8. The zero-order chi connectivity index (χ0) is 27.6. The topological polar surface area (TPSA) is 86.8 Å². The van der Waals surface area contributed by atoms with Crippen LogP contribution in [0.2, 0.25) is 5.02 Å². The maximum atomic E-state index is 13.5. The van der Waals surface area contributed by atoms with E-state index < -0.39 is 0 Å². The summed E-state index contributed by atoms with van der Waals surface area (Å²) in [5, 5.41) is 4.11. The van der Waals surface area contributed by atoms with Gasteiger partial charge in [0, 0.05) is 56.1 Å². The maximum absolute atomic E-state index is 13.5. The normalized spacial score (nSPS) is 14.4. The molecule has 40 heavy (non-hydrogen) atoms. The molecule has 0 radical (unpaired) electrons. The highest BCUT2D eigenvalue weighted by Gasteiger charge is 2.18. The number of rotatable bonds is 8. The Hall–Kier alpha value is -3.99. The molecule has 2 aromatic carbocycles. The van der Waals surface area contributed by atoms with E-state index in [1.165, 1.54) is 16.7 Å². The minimum absolute atomic E-state index is 0.282. The minimum Gasteiger partial charge on any atom is -0.369 e.